The lowest BCUT2D eigenvalue weighted by atomic mass is 10.1. The van der Waals surface area contributed by atoms with Gasteiger partial charge in [-0.25, -0.2) is 0 Å². The Hall–Kier alpha value is -1.25. The van der Waals surface area contributed by atoms with E-state index in [4.69, 9.17) is 14.9 Å². The molecule has 0 radical (unpaired) electrons. The van der Waals surface area contributed by atoms with Crippen molar-refractivity contribution in [3.05, 3.63) is 11.6 Å². The van der Waals surface area contributed by atoms with E-state index in [1.165, 1.54) is 5.57 Å². The molecule has 11 heteroatoms. The fourth-order valence-corrected chi connectivity index (χ4v) is 5.33. The smallest absolute Gasteiger partial charge is 0.318 e. The number of fused-ring (bicyclic) bond motifs is 1. The number of aliphatic carboxylic acids is 2. The van der Waals surface area contributed by atoms with Crippen LogP contribution in [0.15, 0.2) is 11.6 Å². The minimum Gasteiger partial charge on any atom is -0.481 e. The van der Waals surface area contributed by atoms with E-state index in [2.05, 4.69) is 75.7 Å². The summed E-state index contributed by atoms with van der Waals surface area (Å²) in [7, 11) is 0. The van der Waals surface area contributed by atoms with E-state index < -0.39 is 29.2 Å². The van der Waals surface area contributed by atoms with Gasteiger partial charge in [-0.15, -0.1) is 0 Å². The van der Waals surface area contributed by atoms with Gasteiger partial charge in [0, 0.05) is 37.2 Å². The molecule has 226 valence electrons. The number of hydrogen-bond donors (Lipinski definition) is 2. The number of carboxylic acids is 2. The third-order valence-corrected chi connectivity index (χ3v) is 7.86. The van der Waals surface area contributed by atoms with E-state index in [1.807, 2.05) is 20.8 Å². The summed E-state index contributed by atoms with van der Waals surface area (Å²) >= 11 is 4.24. The second-order valence-electron chi connectivity index (χ2n) is 11.8. The fraction of sp³-hybridized carbons (Fsp3) is 0.750. The Bertz CT molecular complexity index is 920. The van der Waals surface area contributed by atoms with Crippen molar-refractivity contribution in [2.45, 2.75) is 77.2 Å². The topological polar surface area (TPSA) is 144 Å². The van der Waals surface area contributed by atoms with Crippen molar-refractivity contribution in [1.29, 1.82) is 0 Å². The van der Waals surface area contributed by atoms with E-state index in [1.54, 1.807) is 13.8 Å². The highest BCUT2D eigenvalue weighted by molar-refractivity contribution is 15.0. The molecule has 1 aliphatic heterocycles. The zero-order valence-electron chi connectivity index (χ0n) is 22.8. The minimum atomic E-state index is -1.01. The molecule has 4 unspecified atom stereocenters. The first-order valence-electron chi connectivity index (χ1n) is 12.0. The van der Waals surface area contributed by atoms with Crippen molar-refractivity contribution in [3.63, 3.8) is 0 Å². The Morgan fingerprint density at radius 3 is 1.44 bits per heavy atom. The van der Waals surface area contributed by atoms with Crippen molar-refractivity contribution >= 4 is 67.1 Å². The van der Waals surface area contributed by atoms with E-state index in [-0.39, 0.29) is 61.3 Å². The molecule has 0 aromatic heterocycles. The molecule has 39 heavy (non-hydrogen) atoms. The van der Waals surface area contributed by atoms with Crippen LogP contribution in [-0.4, -0.2) is 46.7 Å². The molecule has 0 aromatic rings. The van der Waals surface area contributed by atoms with Crippen LogP contribution in [0.2, 0.25) is 0 Å². The summed E-state index contributed by atoms with van der Waals surface area (Å²) in [5.41, 5.74) is 0.669. The highest BCUT2D eigenvalue weighted by Crippen LogP contribution is 2.62. The summed E-state index contributed by atoms with van der Waals surface area (Å²) < 4.78 is 9.43. The summed E-state index contributed by atoms with van der Waals surface area (Å²) in [4.78, 5) is 54.0. The van der Waals surface area contributed by atoms with E-state index in [0.717, 1.165) is 0 Å². The van der Waals surface area contributed by atoms with Gasteiger partial charge in [-0.1, -0.05) is 68.0 Å². The van der Waals surface area contributed by atoms with Gasteiger partial charge in [0.25, 0.3) is 0 Å². The number of carbonyl (C=O) groups is 5. The highest BCUT2D eigenvalue weighted by atomic mass is 128. The van der Waals surface area contributed by atoms with Gasteiger partial charge >= 0.3 is 29.8 Å². The Kier molecular flexibility index (Phi) is 14.9. The maximum absolute atomic E-state index is 11.6. The Morgan fingerprint density at radius 2 is 1.21 bits per heavy atom. The standard InChI is InChI=1S/C12H20O2.C7H10O4.C7H8O3.2CH4.I2/c1-6-14-11(13)10-9(7-8(2)3)12(10,4)5;1-7(2)3(5(8)9)4(7)6(10)11;1-7(2)3-4(7)6(9)10-5(3)8;;;1-2/h7,9-10H,6H2,1-5H3;3-4H,1-2H3,(H,8,9)(H,10,11);3-4H,1-2H3;2*1H4;/t;;3-,4+;;;. The van der Waals surface area contributed by atoms with Crippen LogP contribution in [0.1, 0.15) is 77.2 Å². The van der Waals surface area contributed by atoms with Crippen molar-refractivity contribution in [2.75, 3.05) is 6.61 Å². The van der Waals surface area contributed by atoms with E-state index in [0.29, 0.717) is 12.5 Å². The van der Waals surface area contributed by atoms with Crippen molar-refractivity contribution < 1.29 is 43.7 Å². The van der Waals surface area contributed by atoms with Crippen LogP contribution in [0, 0.1) is 51.8 Å². The predicted molar refractivity (Wildman–Crippen MR) is 166 cm³/mol. The minimum absolute atomic E-state index is 0. The number of halogens is 2. The first kappa shape index (κ1) is 39.9. The molecule has 6 atom stereocenters. The molecule has 0 bridgehead atoms. The first-order valence-corrected chi connectivity index (χ1v) is 18.3. The Balaban J connectivity index is 0. The molecule has 3 saturated carbocycles. The summed E-state index contributed by atoms with van der Waals surface area (Å²) in [6, 6.07) is 0. The molecule has 0 spiro atoms. The Labute approximate surface area is 256 Å². The van der Waals surface area contributed by atoms with Crippen molar-refractivity contribution in [1.82, 2.24) is 0 Å². The zero-order chi connectivity index (χ0) is 29.3. The van der Waals surface area contributed by atoms with Crippen molar-refractivity contribution in [2.24, 2.45) is 51.8 Å². The fourth-order valence-electron chi connectivity index (χ4n) is 5.33. The summed E-state index contributed by atoms with van der Waals surface area (Å²) in [6.45, 7) is 17.9. The molecular weight excluding hydrogens is 734 g/mol. The third-order valence-electron chi connectivity index (χ3n) is 7.86. The maximum Gasteiger partial charge on any atom is 0.318 e. The lowest BCUT2D eigenvalue weighted by Gasteiger charge is -2.04. The predicted octanol–water partition coefficient (Wildman–Crippen LogP) is 6.60. The van der Waals surface area contributed by atoms with E-state index >= 15 is 0 Å². The molecule has 2 N–H and O–H groups in total. The van der Waals surface area contributed by atoms with Crippen LogP contribution < -0.4 is 0 Å². The lowest BCUT2D eigenvalue weighted by molar-refractivity contribution is -0.157. The van der Waals surface area contributed by atoms with Gasteiger partial charge in [0.1, 0.15) is 0 Å². The van der Waals surface area contributed by atoms with Gasteiger partial charge in [-0.2, -0.15) is 0 Å². The van der Waals surface area contributed by atoms with Gasteiger partial charge in [0.2, 0.25) is 0 Å². The molecular formula is C28H46I2O9. The van der Waals surface area contributed by atoms with Gasteiger partial charge < -0.3 is 19.7 Å². The molecule has 0 aromatic carbocycles. The molecule has 1 saturated heterocycles. The first-order chi connectivity index (χ1) is 16.8. The lowest BCUT2D eigenvalue weighted by Crippen LogP contribution is -2.14. The largest absolute Gasteiger partial charge is 0.481 e. The van der Waals surface area contributed by atoms with Gasteiger partial charge in [-0.05, 0) is 42.9 Å². The SMILES string of the molecule is C.C.CC1(C)C(C(=O)O)C1C(=O)O.CC1(C)[C@@H]2C(=O)OC(=O)[C@@H]21.CCOC(=O)C1C(C=C(C)C)C1(C)C.II. The van der Waals surface area contributed by atoms with Gasteiger partial charge in [0.15, 0.2) is 0 Å². The van der Waals surface area contributed by atoms with Gasteiger partial charge in [0.05, 0.1) is 36.2 Å². The third kappa shape index (κ3) is 8.62. The molecule has 4 fully saturated rings. The van der Waals surface area contributed by atoms with Crippen molar-refractivity contribution in [3.8, 4) is 0 Å². The highest BCUT2D eigenvalue weighted by Gasteiger charge is 2.72. The maximum atomic E-state index is 11.6. The number of carboxylic acid groups (broad SMARTS) is 2. The molecule has 3 aliphatic carbocycles. The monoisotopic (exact) mass is 780 g/mol. The molecule has 4 rings (SSSR count). The second kappa shape index (κ2) is 14.6. The van der Waals surface area contributed by atoms with Crippen LogP contribution in [0.4, 0.5) is 0 Å². The zero-order valence-corrected chi connectivity index (χ0v) is 27.1. The Morgan fingerprint density at radius 1 is 0.821 bits per heavy atom. The number of carbonyl (C=O) groups excluding carboxylic acids is 3. The number of hydrogen-bond acceptors (Lipinski definition) is 7. The molecule has 9 nitrogen and oxygen atoms in total. The number of rotatable bonds is 5. The second-order valence-corrected chi connectivity index (χ2v) is 11.8. The van der Waals surface area contributed by atoms with Gasteiger partial charge in [-0.3, -0.25) is 24.0 Å². The average Bonchev–Trinajstić information content (AvgIpc) is 3.61. The van der Waals surface area contributed by atoms with E-state index in [9.17, 15) is 24.0 Å². The molecule has 1 heterocycles. The number of esters is 3. The van der Waals surface area contributed by atoms with Crippen LogP contribution >= 0.6 is 37.2 Å². The number of allylic oxidation sites excluding steroid dienone is 2. The van der Waals surface area contributed by atoms with Crippen LogP contribution in [0.3, 0.4) is 0 Å². The van der Waals surface area contributed by atoms with Crippen LogP contribution in [0.25, 0.3) is 0 Å². The summed E-state index contributed by atoms with van der Waals surface area (Å²) in [6.07, 6.45) is 2.18. The van der Waals surface area contributed by atoms with Crippen LogP contribution in [0.5, 0.6) is 0 Å². The summed E-state index contributed by atoms with van der Waals surface area (Å²) in [5.74, 6) is -3.99. The quantitative estimate of drug-likeness (QED) is 0.137. The molecule has 0 amide bonds. The summed E-state index contributed by atoms with van der Waals surface area (Å²) in [5, 5.41) is 17.1. The number of ether oxygens (including phenoxy) is 2. The van der Waals surface area contributed by atoms with Crippen LogP contribution in [-0.2, 0) is 33.4 Å². The number of cyclic esters (lactones) is 2. The average molecular weight is 780 g/mol. The molecule has 4 aliphatic rings. The normalized spacial score (nSPS) is 30.0.